The number of rotatable bonds is 5. The number of aromatic nitrogens is 1. The molecule has 2 rings (SSSR count). The smallest absolute Gasteiger partial charge is 0.270 e. The Balaban J connectivity index is 2.20. The zero-order valence-electron chi connectivity index (χ0n) is 12.4. The largest absolute Gasteiger partial charge is 0.342 e. The molecular weight excluding hydrogens is 274 g/mol. The van der Waals surface area contributed by atoms with Crippen LogP contribution in [-0.4, -0.2) is 41.1 Å². The Hall–Kier alpha value is -1.00. The van der Waals surface area contributed by atoms with Crippen LogP contribution in [0.3, 0.4) is 0 Å². The van der Waals surface area contributed by atoms with E-state index in [4.69, 9.17) is 11.6 Å². The predicted molar refractivity (Wildman–Crippen MR) is 82.3 cm³/mol. The van der Waals surface area contributed by atoms with E-state index in [1.807, 2.05) is 22.6 Å². The van der Waals surface area contributed by atoms with Crippen molar-refractivity contribution in [1.82, 2.24) is 14.8 Å². The molecule has 1 aliphatic rings. The number of hydrogen-bond donors (Lipinski definition) is 1. The fraction of sp³-hybridized carbons (Fsp3) is 0.667. The van der Waals surface area contributed by atoms with Crippen LogP contribution in [0, 0.1) is 0 Å². The van der Waals surface area contributed by atoms with Crippen LogP contribution in [0.4, 0.5) is 0 Å². The number of amides is 1. The maximum atomic E-state index is 12.9. The van der Waals surface area contributed by atoms with Crippen LogP contribution in [0.2, 0.25) is 5.02 Å². The third kappa shape index (κ3) is 3.36. The highest BCUT2D eigenvalue weighted by Gasteiger charge is 2.27. The normalized spacial score (nSPS) is 16.4. The van der Waals surface area contributed by atoms with E-state index in [-0.39, 0.29) is 5.91 Å². The lowest BCUT2D eigenvalue weighted by atomic mass is 10.0. The molecule has 1 saturated heterocycles. The minimum Gasteiger partial charge on any atom is -0.342 e. The second-order valence-corrected chi connectivity index (χ2v) is 5.75. The van der Waals surface area contributed by atoms with Gasteiger partial charge in [-0.05, 0) is 45.3 Å². The molecule has 112 valence electrons. The molecule has 0 radical (unpaired) electrons. The lowest BCUT2D eigenvalue weighted by molar-refractivity contribution is 0.0631. The average molecular weight is 298 g/mol. The van der Waals surface area contributed by atoms with E-state index in [9.17, 15) is 4.79 Å². The number of carbonyl (C=O) groups is 1. The van der Waals surface area contributed by atoms with Gasteiger partial charge in [0.2, 0.25) is 0 Å². The molecule has 0 bridgehead atoms. The van der Waals surface area contributed by atoms with Gasteiger partial charge in [0.15, 0.2) is 0 Å². The van der Waals surface area contributed by atoms with Gasteiger partial charge < -0.3 is 14.8 Å². The van der Waals surface area contributed by atoms with Gasteiger partial charge in [0.25, 0.3) is 5.91 Å². The molecule has 20 heavy (non-hydrogen) atoms. The first kappa shape index (κ1) is 15.4. The molecule has 1 N–H and O–H groups in total. The third-order valence-electron chi connectivity index (χ3n) is 3.90. The summed E-state index contributed by atoms with van der Waals surface area (Å²) in [4.78, 5) is 14.9. The minimum atomic E-state index is 0.118. The summed E-state index contributed by atoms with van der Waals surface area (Å²) in [6, 6.07) is 2.14. The van der Waals surface area contributed by atoms with E-state index in [1.54, 1.807) is 6.07 Å². The van der Waals surface area contributed by atoms with Crippen LogP contribution in [0.25, 0.3) is 0 Å². The molecule has 1 aromatic heterocycles. The van der Waals surface area contributed by atoms with Gasteiger partial charge in [-0.2, -0.15) is 0 Å². The Bertz CT molecular complexity index is 452. The lowest BCUT2D eigenvalue weighted by Gasteiger charge is -2.34. The summed E-state index contributed by atoms with van der Waals surface area (Å²) in [5.41, 5.74) is 0.712. The first-order valence-corrected chi connectivity index (χ1v) is 7.92. The Labute approximate surface area is 126 Å². The first-order valence-electron chi connectivity index (χ1n) is 7.54. The molecule has 0 aromatic carbocycles. The van der Waals surface area contributed by atoms with Crippen molar-refractivity contribution in [2.24, 2.45) is 0 Å². The van der Waals surface area contributed by atoms with E-state index in [0.717, 1.165) is 45.4 Å². The van der Waals surface area contributed by atoms with Gasteiger partial charge in [0, 0.05) is 25.3 Å². The molecule has 5 heteroatoms. The Morgan fingerprint density at radius 1 is 1.45 bits per heavy atom. The monoisotopic (exact) mass is 297 g/mol. The van der Waals surface area contributed by atoms with Crippen molar-refractivity contribution < 1.29 is 4.79 Å². The highest BCUT2D eigenvalue weighted by Crippen LogP contribution is 2.20. The second-order valence-electron chi connectivity index (χ2n) is 5.31. The molecule has 1 amide bonds. The molecule has 4 nitrogen and oxygen atoms in total. The Morgan fingerprint density at radius 2 is 2.15 bits per heavy atom. The van der Waals surface area contributed by atoms with E-state index >= 15 is 0 Å². The summed E-state index contributed by atoms with van der Waals surface area (Å²) in [7, 11) is 0. The summed E-state index contributed by atoms with van der Waals surface area (Å²) in [5.74, 6) is 0.118. The molecule has 1 fully saturated rings. The van der Waals surface area contributed by atoms with Gasteiger partial charge in [-0.15, -0.1) is 0 Å². The van der Waals surface area contributed by atoms with Crippen LogP contribution >= 0.6 is 11.6 Å². The number of carbonyl (C=O) groups excluding carboxylic acids is 1. The average Bonchev–Trinajstić information content (AvgIpc) is 2.86. The van der Waals surface area contributed by atoms with Gasteiger partial charge in [-0.25, -0.2) is 0 Å². The van der Waals surface area contributed by atoms with Crippen molar-refractivity contribution in [1.29, 1.82) is 0 Å². The highest BCUT2D eigenvalue weighted by molar-refractivity contribution is 6.31. The van der Waals surface area contributed by atoms with Crippen LogP contribution < -0.4 is 5.32 Å². The van der Waals surface area contributed by atoms with Crippen molar-refractivity contribution in [3.8, 4) is 0 Å². The maximum absolute atomic E-state index is 12.9. The zero-order chi connectivity index (χ0) is 14.5. The zero-order valence-corrected chi connectivity index (χ0v) is 13.1. The van der Waals surface area contributed by atoms with Gasteiger partial charge >= 0.3 is 0 Å². The van der Waals surface area contributed by atoms with E-state index < -0.39 is 0 Å². The van der Waals surface area contributed by atoms with Crippen molar-refractivity contribution >= 4 is 17.5 Å². The van der Waals surface area contributed by atoms with Crippen molar-refractivity contribution in [3.63, 3.8) is 0 Å². The molecule has 0 atom stereocenters. The number of piperidine rings is 1. The van der Waals surface area contributed by atoms with Crippen molar-refractivity contribution in [2.45, 2.75) is 45.7 Å². The van der Waals surface area contributed by atoms with Crippen LogP contribution in [-0.2, 0) is 6.54 Å². The van der Waals surface area contributed by atoms with Gasteiger partial charge in [0.05, 0.1) is 5.02 Å². The number of nitrogens with zero attached hydrogens (tertiary/aromatic N) is 2. The lowest BCUT2D eigenvalue weighted by Crippen LogP contribution is -2.46. The van der Waals surface area contributed by atoms with E-state index in [0.29, 0.717) is 16.8 Å². The van der Waals surface area contributed by atoms with Gasteiger partial charge in [0.1, 0.15) is 5.69 Å². The molecule has 2 heterocycles. The minimum absolute atomic E-state index is 0.118. The molecule has 0 spiro atoms. The van der Waals surface area contributed by atoms with Crippen molar-refractivity contribution in [3.05, 3.63) is 23.0 Å². The topological polar surface area (TPSA) is 37.3 Å². The van der Waals surface area contributed by atoms with E-state index in [1.165, 1.54) is 0 Å². The molecule has 1 aromatic rings. The number of halogens is 1. The predicted octanol–water partition coefficient (Wildman–Crippen LogP) is 2.77. The maximum Gasteiger partial charge on any atom is 0.270 e. The van der Waals surface area contributed by atoms with Crippen LogP contribution in [0.1, 0.15) is 43.6 Å². The second kappa shape index (κ2) is 7.14. The number of aryl methyl sites for hydroxylation is 1. The first-order chi connectivity index (χ1) is 9.67. The number of hydrogen-bond acceptors (Lipinski definition) is 2. The summed E-state index contributed by atoms with van der Waals surface area (Å²) in [5, 5.41) is 3.99. The highest BCUT2D eigenvalue weighted by atomic mass is 35.5. The molecule has 0 saturated carbocycles. The molecule has 0 aliphatic carbocycles. The summed E-state index contributed by atoms with van der Waals surface area (Å²) >= 11 is 6.05. The van der Waals surface area contributed by atoms with Crippen molar-refractivity contribution in [2.75, 3.05) is 19.6 Å². The SMILES string of the molecule is CCCN(C(=O)c1cc(Cl)cn1CC)C1CCNCC1. The fourth-order valence-electron chi connectivity index (χ4n) is 2.87. The molecule has 1 aliphatic heterocycles. The Morgan fingerprint density at radius 3 is 2.75 bits per heavy atom. The quantitative estimate of drug-likeness (QED) is 0.907. The molecule has 0 unspecified atom stereocenters. The third-order valence-corrected chi connectivity index (χ3v) is 4.10. The Kier molecular flexibility index (Phi) is 5.49. The molecular formula is C15H24ClN3O. The van der Waals surface area contributed by atoms with Crippen LogP contribution in [0.15, 0.2) is 12.3 Å². The van der Waals surface area contributed by atoms with Gasteiger partial charge in [-0.1, -0.05) is 18.5 Å². The van der Waals surface area contributed by atoms with Gasteiger partial charge in [-0.3, -0.25) is 4.79 Å². The standard InChI is InChI=1S/C15H24ClN3O/c1-3-9-19(13-5-7-17-8-6-13)15(20)14-10-12(16)11-18(14)4-2/h10-11,13,17H,3-9H2,1-2H3. The number of nitrogens with one attached hydrogen (secondary N) is 1. The van der Waals surface area contributed by atoms with Crippen LogP contribution in [0.5, 0.6) is 0 Å². The fourth-order valence-corrected chi connectivity index (χ4v) is 3.09. The summed E-state index contributed by atoms with van der Waals surface area (Å²) in [6.45, 7) is 7.71. The summed E-state index contributed by atoms with van der Waals surface area (Å²) < 4.78 is 1.94. The summed E-state index contributed by atoms with van der Waals surface area (Å²) in [6.07, 6.45) is 4.89. The van der Waals surface area contributed by atoms with E-state index in [2.05, 4.69) is 12.2 Å².